The quantitative estimate of drug-likeness (QED) is 0.740. The lowest BCUT2D eigenvalue weighted by Crippen LogP contribution is -2.37. The summed E-state index contributed by atoms with van der Waals surface area (Å²) in [5.74, 6) is 0.346. The molecule has 1 saturated carbocycles. The maximum absolute atomic E-state index is 11.8. The molecule has 0 unspecified atom stereocenters. The second kappa shape index (κ2) is 7.96. The number of halogens is 1. The number of amides is 1. The highest BCUT2D eigenvalue weighted by atomic mass is 35.5. The topological polar surface area (TPSA) is 89.3 Å². The molecule has 1 fully saturated rings. The number of hydrogen-bond donors (Lipinski definition) is 2. The first-order valence-electron chi connectivity index (χ1n) is 6.18. The third-order valence-electron chi connectivity index (χ3n) is 3.45. The zero-order chi connectivity index (χ0) is 12.9. The second-order valence-electron chi connectivity index (χ2n) is 4.56. The van der Waals surface area contributed by atoms with Crippen LogP contribution >= 0.6 is 12.4 Å². The van der Waals surface area contributed by atoms with E-state index in [9.17, 15) is 13.2 Å². The van der Waals surface area contributed by atoms with Gasteiger partial charge in [0.1, 0.15) is 0 Å². The van der Waals surface area contributed by atoms with Crippen molar-refractivity contribution >= 4 is 28.2 Å². The summed E-state index contributed by atoms with van der Waals surface area (Å²) in [5, 5.41) is 2.71. The van der Waals surface area contributed by atoms with Gasteiger partial charge in [0.15, 0.2) is 9.84 Å². The molecule has 1 aliphatic rings. The molecule has 0 aromatic carbocycles. The summed E-state index contributed by atoms with van der Waals surface area (Å²) in [5.41, 5.74) is 5.61. The summed E-state index contributed by atoms with van der Waals surface area (Å²) in [6, 6.07) is 0. The Kier molecular flexibility index (Phi) is 7.82. The predicted octanol–water partition coefficient (Wildman–Crippen LogP) is 0.334. The van der Waals surface area contributed by atoms with Crippen LogP contribution in [-0.2, 0) is 14.6 Å². The third-order valence-corrected chi connectivity index (χ3v) is 5.16. The smallest absolute Gasteiger partial charge is 0.223 e. The minimum atomic E-state index is -3.00. The van der Waals surface area contributed by atoms with Crippen LogP contribution in [0.4, 0.5) is 0 Å². The van der Waals surface area contributed by atoms with Crippen LogP contribution in [0.25, 0.3) is 0 Å². The van der Waals surface area contributed by atoms with Crippen molar-refractivity contribution in [1.29, 1.82) is 0 Å². The second-order valence-corrected chi connectivity index (χ2v) is 7.03. The number of nitrogens with two attached hydrogens (primary N) is 1. The molecule has 0 heterocycles. The lowest BCUT2D eigenvalue weighted by atomic mass is 9.95. The summed E-state index contributed by atoms with van der Waals surface area (Å²) >= 11 is 0. The zero-order valence-corrected chi connectivity index (χ0v) is 12.4. The van der Waals surface area contributed by atoms with Crippen molar-refractivity contribution < 1.29 is 13.2 Å². The molecule has 2 atom stereocenters. The lowest BCUT2D eigenvalue weighted by molar-refractivity contribution is -0.125. The molecular formula is C11H23ClN2O3S. The summed E-state index contributed by atoms with van der Waals surface area (Å²) in [7, 11) is -3.00. The van der Waals surface area contributed by atoms with E-state index in [0.717, 1.165) is 19.3 Å². The number of carbonyl (C=O) groups is 1. The maximum atomic E-state index is 11.8. The molecule has 3 N–H and O–H groups in total. The van der Waals surface area contributed by atoms with Gasteiger partial charge in [-0.1, -0.05) is 13.3 Å². The average molecular weight is 299 g/mol. The van der Waals surface area contributed by atoms with E-state index in [0.29, 0.717) is 6.54 Å². The SMILES string of the molecule is CCS(=O)(=O)CCNC(=O)[C@@H]1CCC[C@@H]1CN.Cl. The normalized spacial score (nSPS) is 23.4. The molecule has 1 aliphatic carbocycles. The van der Waals surface area contributed by atoms with Gasteiger partial charge in [-0.2, -0.15) is 0 Å². The Morgan fingerprint density at radius 3 is 2.61 bits per heavy atom. The Morgan fingerprint density at radius 1 is 1.39 bits per heavy atom. The van der Waals surface area contributed by atoms with Gasteiger partial charge in [-0.05, 0) is 25.3 Å². The third kappa shape index (κ3) is 5.12. The van der Waals surface area contributed by atoms with Crippen molar-refractivity contribution in [3.05, 3.63) is 0 Å². The van der Waals surface area contributed by atoms with Gasteiger partial charge >= 0.3 is 0 Å². The van der Waals surface area contributed by atoms with E-state index in [2.05, 4.69) is 5.32 Å². The van der Waals surface area contributed by atoms with Crippen molar-refractivity contribution in [2.24, 2.45) is 17.6 Å². The van der Waals surface area contributed by atoms with Crippen LogP contribution in [0.2, 0.25) is 0 Å². The minimum Gasteiger partial charge on any atom is -0.355 e. The van der Waals surface area contributed by atoms with Crippen LogP contribution in [0.15, 0.2) is 0 Å². The lowest BCUT2D eigenvalue weighted by Gasteiger charge is -2.17. The van der Waals surface area contributed by atoms with Crippen molar-refractivity contribution in [2.75, 3.05) is 24.6 Å². The van der Waals surface area contributed by atoms with Crippen molar-refractivity contribution in [3.63, 3.8) is 0 Å². The van der Waals surface area contributed by atoms with E-state index in [1.807, 2.05) is 0 Å². The fourth-order valence-corrected chi connectivity index (χ4v) is 2.97. The van der Waals surface area contributed by atoms with Gasteiger partial charge in [-0.3, -0.25) is 4.79 Å². The molecule has 0 bridgehead atoms. The fourth-order valence-electron chi connectivity index (χ4n) is 2.27. The van der Waals surface area contributed by atoms with Gasteiger partial charge in [0, 0.05) is 18.2 Å². The van der Waals surface area contributed by atoms with Gasteiger partial charge in [0.05, 0.1) is 5.75 Å². The summed E-state index contributed by atoms with van der Waals surface area (Å²) in [4.78, 5) is 11.8. The largest absolute Gasteiger partial charge is 0.355 e. The van der Waals surface area contributed by atoms with E-state index in [1.54, 1.807) is 6.92 Å². The van der Waals surface area contributed by atoms with E-state index < -0.39 is 9.84 Å². The van der Waals surface area contributed by atoms with Crippen LogP contribution < -0.4 is 11.1 Å². The van der Waals surface area contributed by atoms with E-state index in [-0.39, 0.29) is 48.2 Å². The van der Waals surface area contributed by atoms with Gasteiger partial charge in [0.2, 0.25) is 5.91 Å². The fraction of sp³-hybridized carbons (Fsp3) is 0.909. The maximum Gasteiger partial charge on any atom is 0.223 e. The Balaban J connectivity index is 0.00000289. The molecule has 0 aliphatic heterocycles. The first-order chi connectivity index (χ1) is 8.00. The highest BCUT2D eigenvalue weighted by Crippen LogP contribution is 2.30. The number of hydrogen-bond acceptors (Lipinski definition) is 4. The van der Waals surface area contributed by atoms with Crippen molar-refractivity contribution in [3.8, 4) is 0 Å². The first-order valence-corrected chi connectivity index (χ1v) is 8.00. The van der Waals surface area contributed by atoms with Crippen LogP contribution in [0, 0.1) is 11.8 Å². The van der Waals surface area contributed by atoms with E-state index in [4.69, 9.17) is 5.73 Å². The molecule has 0 radical (unpaired) electrons. The highest BCUT2D eigenvalue weighted by Gasteiger charge is 2.31. The van der Waals surface area contributed by atoms with Crippen molar-refractivity contribution in [1.82, 2.24) is 5.32 Å². The van der Waals surface area contributed by atoms with Crippen LogP contribution in [0.3, 0.4) is 0 Å². The van der Waals surface area contributed by atoms with Crippen LogP contribution in [-0.4, -0.2) is 38.9 Å². The molecule has 18 heavy (non-hydrogen) atoms. The Hall–Kier alpha value is -0.330. The molecule has 0 aromatic rings. The van der Waals surface area contributed by atoms with Gasteiger partial charge in [-0.25, -0.2) is 8.42 Å². The molecule has 1 amide bonds. The zero-order valence-electron chi connectivity index (χ0n) is 10.7. The number of nitrogens with one attached hydrogen (secondary N) is 1. The minimum absolute atomic E-state index is 0. The van der Waals surface area contributed by atoms with Gasteiger partial charge in [-0.15, -0.1) is 12.4 Å². The number of carbonyl (C=O) groups excluding carboxylic acids is 1. The summed E-state index contributed by atoms with van der Waals surface area (Å²) in [6.45, 7) is 2.35. The predicted molar refractivity (Wildman–Crippen MR) is 74.5 cm³/mol. The van der Waals surface area contributed by atoms with Crippen LogP contribution in [0.1, 0.15) is 26.2 Å². The molecule has 0 spiro atoms. The number of sulfone groups is 1. The Morgan fingerprint density at radius 2 is 2.06 bits per heavy atom. The average Bonchev–Trinajstić information content (AvgIpc) is 2.76. The van der Waals surface area contributed by atoms with Crippen molar-refractivity contribution in [2.45, 2.75) is 26.2 Å². The molecule has 0 saturated heterocycles. The molecule has 5 nitrogen and oxygen atoms in total. The highest BCUT2D eigenvalue weighted by molar-refractivity contribution is 7.91. The monoisotopic (exact) mass is 298 g/mol. The summed E-state index contributed by atoms with van der Waals surface area (Å²) < 4.78 is 22.5. The molecule has 0 aromatic heterocycles. The Labute approximate surface area is 115 Å². The molecule has 1 rings (SSSR count). The Bertz CT molecular complexity index is 359. The van der Waals surface area contributed by atoms with E-state index >= 15 is 0 Å². The van der Waals surface area contributed by atoms with Crippen LogP contribution in [0.5, 0.6) is 0 Å². The standard InChI is InChI=1S/C11H22N2O3S.ClH/c1-2-17(15,16)7-6-13-11(14)10-5-3-4-9(10)8-12;/h9-10H,2-8,12H2,1H3,(H,13,14);1H/t9-,10-;/m1./s1. The van der Waals surface area contributed by atoms with E-state index in [1.165, 1.54) is 0 Å². The molecule has 7 heteroatoms. The molecular weight excluding hydrogens is 276 g/mol. The molecule has 108 valence electrons. The number of rotatable bonds is 6. The van der Waals surface area contributed by atoms with Gasteiger partial charge < -0.3 is 11.1 Å². The van der Waals surface area contributed by atoms with Gasteiger partial charge in [0.25, 0.3) is 0 Å². The first kappa shape index (κ1) is 17.7. The summed E-state index contributed by atoms with van der Waals surface area (Å²) in [6.07, 6.45) is 2.91.